The highest BCUT2D eigenvalue weighted by Crippen LogP contribution is 2.23. The minimum absolute atomic E-state index is 0.0243. The minimum atomic E-state index is -3.80. The maximum atomic E-state index is 13.0. The van der Waals surface area contributed by atoms with Gasteiger partial charge < -0.3 is 4.74 Å². The fourth-order valence-electron chi connectivity index (χ4n) is 2.79. The predicted molar refractivity (Wildman–Crippen MR) is 107 cm³/mol. The maximum Gasteiger partial charge on any atom is 0.310 e. The van der Waals surface area contributed by atoms with Crippen molar-refractivity contribution < 1.29 is 17.9 Å². The Balaban J connectivity index is 1.89. The van der Waals surface area contributed by atoms with Crippen molar-refractivity contribution in [2.45, 2.75) is 18.2 Å². The molecule has 2 aromatic heterocycles. The molecule has 0 aliphatic rings. The third-order valence-electron chi connectivity index (χ3n) is 4.25. The number of ether oxygens (including phenoxy) is 1. The fraction of sp³-hybridized carbons (Fsp3) is 0.211. The summed E-state index contributed by atoms with van der Waals surface area (Å²) in [4.78, 5) is 27.5. The number of rotatable bonds is 7. The third kappa shape index (κ3) is 4.21. The second-order valence-corrected chi connectivity index (χ2v) is 7.94. The Morgan fingerprint density at radius 1 is 1.21 bits per heavy atom. The molecule has 1 aromatic carbocycles. The Morgan fingerprint density at radius 2 is 1.93 bits per heavy atom. The number of pyridine rings is 1. The van der Waals surface area contributed by atoms with Crippen LogP contribution < -0.4 is 9.86 Å². The molecule has 2 heterocycles. The van der Waals surface area contributed by atoms with Gasteiger partial charge in [-0.2, -0.15) is 0 Å². The van der Waals surface area contributed by atoms with Crippen molar-refractivity contribution in [1.29, 1.82) is 0 Å². The van der Waals surface area contributed by atoms with E-state index in [1.54, 1.807) is 31.2 Å². The number of nitrogens with one attached hydrogen (secondary N) is 1. The van der Waals surface area contributed by atoms with Crippen LogP contribution >= 0.6 is 0 Å². The van der Waals surface area contributed by atoms with E-state index in [0.717, 1.165) is 0 Å². The van der Waals surface area contributed by atoms with Gasteiger partial charge in [0.05, 0.1) is 19.2 Å². The molecular weight excluding hydrogens is 396 g/mol. The number of hydrogen-bond donors (Lipinski definition) is 1. The molecule has 0 spiro atoms. The molecule has 3 rings (SSSR count). The van der Waals surface area contributed by atoms with E-state index in [1.807, 2.05) is 6.07 Å². The number of H-pyrrole nitrogens is 1. The maximum absolute atomic E-state index is 13.0. The normalized spacial score (nSPS) is 11.2. The molecule has 10 heteroatoms. The highest BCUT2D eigenvalue weighted by atomic mass is 32.2. The van der Waals surface area contributed by atoms with Crippen LogP contribution in [-0.2, 0) is 26.0 Å². The van der Waals surface area contributed by atoms with Crippen LogP contribution in [0.2, 0.25) is 0 Å². The molecule has 9 nitrogen and oxygen atoms in total. The Bertz CT molecular complexity index is 1150. The number of aromatic nitrogens is 3. The molecule has 0 fully saturated rings. The number of methoxy groups -OCH3 is 1. The number of aromatic amines is 1. The smallest absolute Gasteiger partial charge is 0.310 e. The van der Waals surface area contributed by atoms with Crippen LogP contribution in [0.25, 0.3) is 5.82 Å². The number of carbonyl (C=O) groups excluding carboxylic acids is 1. The fourth-order valence-corrected chi connectivity index (χ4v) is 4.20. The van der Waals surface area contributed by atoms with Gasteiger partial charge in [0.15, 0.2) is 5.82 Å². The largest absolute Gasteiger partial charge is 0.469 e. The summed E-state index contributed by atoms with van der Waals surface area (Å²) in [6.45, 7) is 2.01. The lowest BCUT2D eigenvalue weighted by molar-refractivity contribution is -0.139. The van der Waals surface area contributed by atoms with Crippen molar-refractivity contribution in [3.05, 3.63) is 70.8 Å². The van der Waals surface area contributed by atoms with E-state index in [9.17, 15) is 18.0 Å². The van der Waals surface area contributed by atoms with Crippen molar-refractivity contribution >= 4 is 21.7 Å². The van der Waals surface area contributed by atoms with Gasteiger partial charge in [-0.25, -0.2) is 18.1 Å². The first-order valence-electron chi connectivity index (χ1n) is 8.78. The van der Waals surface area contributed by atoms with Crippen molar-refractivity contribution in [3.63, 3.8) is 0 Å². The predicted octanol–water partition coefficient (Wildman–Crippen LogP) is 1.49. The van der Waals surface area contributed by atoms with Crippen molar-refractivity contribution in [1.82, 2.24) is 14.8 Å². The Morgan fingerprint density at radius 3 is 2.52 bits per heavy atom. The number of benzene rings is 1. The SMILES string of the molecule is CCN(c1ccccc1)S(=O)(=O)c1ccc(-n2cc(CC(=O)OC)c(=O)[nH]2)nc1. The summed E-state index contributed by atoms with van der Waals surface area (Å²) in [5, 5.41) is 2.54. The van der Waals surface area contributed by atoms with Gasteiger partial charge in [0, 0.05) is 24.5 Å². The first-order valence-corrected chi connectivity index (χ1v) is 10.2. The molecule has 3 aromatic rings. The molecule has 152 valence electrons. The van der Waals surface area contributed by atoms with Crippen LogP contribution in [0.15, 0.2) is 64.5 Å². The number of hydrogen-bond acceptors (Lipinski definition) is 6. The van der Waals surface area contributed by atoms with Gasteiger partial charge in [0.1, 0.15) is 4.90 Å². The second-order valence-electron chi connectivity index (χ2n) is 6.08. The molecule has 1 N–H and O–H groups in total. The lowest BCUT2D eigenvalue weighted by Crippen LogP contribution is -2.30. The molecule has 0 amide bonds. The highest BCUT2D eigenvalue weighted by Gasteiger charge is 2.24. The average molecular weight is 416 g/mol. The zero-order chi connectivity index (χ0) is 21.0. The Kier molecular flexibility index (Phi) is 5.83. The van der Waals surface area contributed by atoms with E-state index in [-0.39, 0.29) is 23.4 Å². The first kappa shape index (κ1) is 20.3. The van der Waals surface area contributed by atoms with Crippen LogP contribution in [0.3, 0.4) is 0 Å². The number of para-hydroxylation sites is 1. The molecular formula is C19H20N4O5S. The lowest BCUT2D eigenvalue weighted by Gasteiger charge is -2.22. The van der Waals surface area contributed by atoms with Crippen LogP contribution in [0.4, 0.5) is 5.69 Å². The summed E-state index contributed by atoms with van der Waals surface area (Å²) in [5.74, 6) is -0.233. The summed E-state index contributed by atoms with van der Waals surface area (Å²) in [6.07, 6.45) is 2.49. The summed E-state index contributed by atoms with van der Waals surface area (Å²) in [7, 11) is -2.56. The van der Waals surface area contributed by atoms with E-state index in [1.165, 1.54) is 40.6 Å². The molecule has 29 heavy (non-hydrogen) atoms. The van der Waals surface area contributed by atoms with Crippen molar-refractivity contribution in [2.75, 3.05) is 18.0 Å². The van der Waals surface area contributed by atoms with E-state index < -0.39 is 21.6 Å². The Labute approximate surface area is 167 Å². The number of carbonyl (C=O) groups is 1. The topological polar surface area (TPSA) is 114 Å². The molecule has 0 saturated carbocycles. The summed E-state index contributed by atoms with van der Waals surface area (Å²) in [5.41, 5.74) is 0.327. The average Bonchev–Trinajstić information content (AvgIpc) is 3.09. The summed E-state index contributed by atoms with van der Waals surface area (Å²) >= 11 is 0. The molecule has 0 bridgehead atoms. The molecule has 0 atom stereocenters. The van der Waals surface area contributed by atoms with Gasteiger partial charge >= 0.3 is 5.97 Å². The summed E-state index contributed by atoms with van der Waals surface area (Å²) in [6, 6.07) is 11.7. The Hall–Kier alpha value is -3.40. The van der Waals surface area contributed by atoms with Gasteiger partial charge in [-0.3, -0.25) is 19.0 Å². The van der Waals surface area contributed by atoms with Crippen LogP contribution in [0.1, 0.15) is 12.5 Å². The van der Waals surface area contributed by atoms with E-state index in [0.29, 0.717) is 11.5 Å². The molecule has 0 unspecified atom stereocenters. The van der Waals surface area contributed by atoms with Gasteiger partial charge in [0.2, 0.25) is 0 Å². The van der Waals surface area contributed by atoms with Crippen molar-refractivity contribution in [3.8, 4) is 5.82 Å². The van der Waals surface area contributed by atoms with E-state index >= 15 is 0 Å². The third-order valence-corrected chi connectivity index (χ3v) is 6.13. The second kappa shape index (κ2) is 8.31. The zero-order valence-corrected chi connectivity index (χ0v) is 16.7. The molecule has 0 radical (unpaired) electrons. The van der Waals surface area contributed by atoms with Crippen LogP contribution in [-0.4, -0.2) is 42.8 Å². The lowest BCUT2D eigenvalue weighted by atomic mass is 10.2. The molecule has 0 saturated heterocycles. The van der Waals surface area contributed by atoms with Gasteiger partial charge in [-0.1, -0.05) is 18.2 Å². The van der Waals surface area contributed by atoms with Gasteiger partial charge in [0.25, 0.3) is 15.6 Å². The quantitative estimate of drug-likeness (QED) is 0.584. The standard InChI is InChI=1S/C19H20N4O5S/c1-3-23(15-7-5-4-6-8-15)29(26,27)16-9-10-17(20-12-16)22-13-14(19(25)21-22)11-18(24)28-2/h4-10,12-13H,3,11H2,1-2H3,(H,21,25). The van der Waals surface area contributed by atoms with E-state index in [2.05, 4.69) is 14.8 Å². The summed E-state index contributed by atoms with van der Waals surface area (Å²) < 4.78 is 33.2. The first-order chi connectivity index (χ1) is 13.9. The number of esters is 1. The highest BCUT2D eigenvalue weighted by molar-refractivity contribution is 7.92. The molecule has 0 aliphatic heterocycles. The number of anilines is 1. The minimum Gasteiger partial charge on any atom is -0.469 e. The van der Waals surface area contributed by atoms with Crippen LogP contribution in [0.5, 0.6) is 0 Å². The molecule has 0 aliphatic carbocycles. The monoisotopic (exact) mass is 416 g/mol. The van der Waals surface area contributed by atoms with Gasteiger partial charge in [-0.15, -0.1) is 0 Å². The zero-order valence-electron chi connectivity index (χ0n) is 15.9. The van der Waals surface area contributed by atoms with Gasteiger partial charge in [-0.05, 0) is 31.2 Å². The number of nitrogens with zero attached hydrogens (tertiary/aromatic N) is 3. The number of sulfonamides is 1. The van der Waals surface area contributed by atoms with Crippen molar-refractivity contribution in [2.24, 2.45) is 0 Å². The van der Waals surface area contributed by atoms with E-state index in [4.69, 9.17) is 0 Å². The van der Waals surface area contributed by atoms with Crippen LogP contribution in [0, 0.1) is 0 Å².